The van der Waals surface area contributed by atoms with Gasteiger partial charge in [-0.2, -0.15) is 13.2 Å². The molecule has 0 radical (unpaired) electrons. The lowest BCUT2D eigenvalue weighted by atomic mass is 9.83. The van der Waals surface area contributed by atoms with Crippen LogP contribution in [0, 0.1) is 0 Å². The van der Waals surface area contributed by atoms with Gasteiger partial charge in [-0.15, -0.1) is 6.58 Å². The van der Waals surface area contributed by atoms with E-state index >= 15 is 0 Å². The summed E-state index contributed by atoms with van der Waals surface area (Å²) in [7, 11) is 0. The highest BCUT2D eigenvalue weighted by Gasteiger charge is 2.45. The summed E-state index contributed by atoms with van der Waals surface area (Å²) < 4.78 is 47.3. The van der Waals surface area contributed by atoms with Crippen molar-refractivity contribution in [2.24, 2.45) is 0 Å². The first kappa shape index (κ1) is 31.2. The zero-order chi connectivity index (χ0) is 32.2. The SMILES string of the molecule is C=CCC1(C)CC(C(=O)Nc2ccccc2)n2c1ncc(N(Cc1cccc(C(F)(F)F)c1)C(=O)OCc1ccccc1)c2=O. The van der Waals surface area contributed by atoms with E-state index in [-0.39, 0.29) is 24.3 Å². The summed E-state index contributed by atoms with van der Waals surface area (Å²) in [5.74, 6) is -0.117. The molecule has 45 heavy (non-hydrogen) atoms. The molecule has 1 aliphatic rings. The molecule has 2 unspecified atom stereocenters. The zero-order valence-electron chi connectivity index (χ0n) is 24.5. The van der Waals surface area contributed by atoms with E-state index in [2.05, 4.69) is 16.9 Å². The van der Waals surface area contributed by atoms with E-state index in [9.17, 15) is 27.6 Å². The average Bonchev–Trinajstić information content (AvgIpc) is 3.33. The molecule has 232 valence electrons. The lowest BCUT2D eigenvalue weighted by Crippen LogP contribution is -2.39. The van der Waals surface area contributed by atoms with Crippen LogP contribution in [0.2, 0.25) is 0 Å². The summed E-state index contributed by atoms with van der Waals surface area (Å²) in [5, 5.41) is 2.84. The average molecular weight is 617 g/mol. The minimum Gasteiger partial charge on any atom is -0.444 e. The Hall–Kier alpha value is -5.19. The fourth-order valence-electron chi connectivity index (χ4n) is 5.51. The van der Waals surface area contributed by atoms with Crippen molar-refractivity contribution in [2.75, 3.05) is 10.2 Å². The second-order valence-corrected chi connectivity index (χ2v) is 11.1. The van der Waals surface area contributed by atoms with Gasteiger partial charge < -0.3 is 10.1 Å². The number of alkyl halides is 3. The van der Waals surface area contributed by atoms with E-state index in [0.29, 0.717) is 23.5 Å². The normalized spacial score (nSPS) is 17.3. The number of hydrogen-bond donors (Lipinski definition) is 1. The van der Waals surface area contributed by atoms with Crippen LogP contribution in [0.4, 0.5) is 29.3 Å². The van der Waals surface area contributed by atoms with Crippen molar-refractivity contribution in [3.8, 4) is 0 Å². The summed E-state index contributed by atoms with van der Waals surface area (Å²) in [6, 6.07) is 21.1. The van der Waals surface area contributed by atoms with Crippen molar-refractivity contribution in [3.05, 3.63) is 137 Å². The number of anilines is 2. The molecule has 2 heterocycles. The van der Waals surface area contributed by atoms with Crippen molar-refractivity contribution >= 4 is 23.4 Å². The molecular weight excluding hydrogens is 585 g/mol. The number of fused-ring (bicyclic) bond motifs is 1. The minimum absolute atomic E-state index is 0.112. The van der Waals surface area contributed by atoms with Crippen molar-refractivity contribution in [3.63, 3.8) is 0 Å². The van der Waals surface area contributed by atoms with Crippen LogP contribution in [0.15, 0.2) is 109 Å². The maximum Gasteiger partial charge on any atom is 0.416 e. The standard InChI is InChI=1S/C34H31F3N4O4/c1-3-17-33(2)19-27(29(42)39-26-15-8-5-9-16-26)41-30(43)28(20-38-31(33)41)40(32(44)45-22-23-11-6-4-7-12-23)21-24-13-10-14-25(18-24)34(35,36)37/h3-16,18,20,27H,1,17,19,21-22H2,2H3,(H,39,42). The van der Waals surface area contributed by atoms with Crippen LogP contribution in [0.25, 0.3) is 0 Å². The van der Waals surface area contributed by atoms with Gasteiger partial charge in [0, 0.05) is 11.1 Å². The number of hydrogen-bond acceptors (Lipinski definition) is 5. The lowest BCUT2D eigenvalue weighted by molar-refractivity contribution is -0.137. The van der Waals surface area contributed by atoms with E-state index in [1.165, 1.54) is 22.9 Å². The first-order valence-corrected chi connectivity index (χ1v) is 14.2. The van der Waals surface area contributed by atoms with Gasteiger partial charge in [-0.1, -0.05) is 73.7 Å². The number of benzene rings is 3. The van der Waals surface area contributed by atoms with E-state index in [1.54, 1.807) is 66.7 Å². The second kappa shape index (κ2) is 12.8. The third kappa shape index (κ3) is 6.82. The third-order valence-electron chi connectivity index (χ3n) is 7.72. The van der Waals surface area contributed by atoms with Gasteiger partial charge in [0.25, 0.3) is 5.56 Å². The Morgan fingerprint density at radius 3 is 2.40 bits per heavy atom. The highest BCUT2D eigenvalue weighted by Crippen LogP contribution is 2.42. The highest BCUT2D eigenvalue weighted by atomic mass is 19.4. The highest BCUT2D eigenvalue weighted by molar-refractivity contribution is 5.94. The molecule has 0 bridgehead atoms. The van der Waals surface area contributed by atoms with Crippen molar-refractivity contribution < 1.29 is 27.5 Å². The largest absolute Gasteiger partial charge is 0.444 e. The van der Waals surface area contributed by atoms with Crippen LogP contribution in [0.1, 0.15) is 48.3 Å². The monoisotopic (exact) mass is 616 g/mol. The van der Waals surface area contributed by atoms with Gasteiger partial charge >= 0.3 is 12.3 Å². The Morgan fingerprint density at radius 1 is 1.07 bits per heavy atom. The van der Waals surface area contributed by atoms with E-state index in [0.717, 1.165) is 17.0 Å². The Morgan fingerprint density at radius 2 is 1.73 bits per heavy atom. The minimum atomic E-state index is -4.61. The molecule has 11 heteroatoms. The molecule has 8 nitrogen and oxygen atoms in total. The first-order valence-electron chi connectivity index (χ1n) is 14.2. The van der Waals surface area contributed by atoms with Gasteiger partial charge in [-0.05, 0) is 48.2 Å². The predicted molar refractivity (Wildman–Crippen MR) is 164 cm³/mol. The Labute approximate surface area is 257 Å². The molecule has 4 aromatic rings. The van der Waals surface area contributed by atoms with Crippen LogP contribution in [-0.4, -0.2) is 21.6 Å². The van der Waals surface area contributed by atoms with Crippen LogP contribution in [0.3, 0.4) is 0 Å². The quantitative estimate of drug-likeness (QED) is 0.204. The maximum absolute atomic E-state index is 14.2. The number of carbonyl (C=O) groups excluding carboxylic acids is 2. The Kier molecular flexibility index (Phi) is 8.89. The Balaban J connectivity index is 1.56. The van der Waals surface area contributed by atoms with Crippen molar-refractivity contribution in [1.82, 2.24) is 9.55 Å². The summed E-state index contributed by atoms with van der Waals surface area (Å²) in [6.07, 6.45) is -2.03. The number of aromatic nitrogens is 2. The number of allylic oxidation sites excluding steroid dienone is 1. The summed E-state index contributed by atoms with van der Waals surface area (Å²) in [5.41, 5.74) is -1.25. The number of nitrogens with one attached hydrogen (secondary N) is 1. The molecule has 2 amide bonds. The predicted octanol–water partition coefficient (Wildman–Crippen LogP) is 7.02. The second-order valence-electron chi connectivity index (χ2n) is 11.1. The van der Waals surface area contributed by atoms with Crippen LogP contribution >= 0.6 is 0 Å². The fourth-order valence-corrected chi connectivity index (χ4v) is 5.51. The van der Waals surface area contributed by atoms with Crippen LogP contribution in [0.5, 0.6) is 0 Å². The molecule has 1 aliphatic heterocycles. The molecule has 5 rings (SSSR count). The molecular formula is C34H31F3N4O4. The number of ether oxygens (including phenoxy) is 1. The van der Waals surface area contributed by atoms with Gasteiger partial charge in [-0.25, -0.2) is 9.78 Å². The molecule has 0 fully saturated rings. The summed E-state index contributed by atoms with van der Waals surface area (Å²) >= 11 is 0. The smallest absolute Gasteiger partial charge is 0.416 e. The lowest BCUT2D eigenvalue weighted by Gasteiger charge is -2.24. The molecule has 1 aromatic heterocycles. The van der Waals surface area contributed by atoms with Crippen molar-refractivity contribution in [1.29, 1.82) is 0 Å². The first-order chi connectivity index (χ1) is 21.5. The molecule has 0 saturated carbocycles. The number of carbonyl (C=O) groups is 2. The fraction of sp³-hybridized carbons (Fsp3) is 0.235. The topological polar surface area (TPSA) is 93.5 Å². The summed E-state index contributed by atoms with van der Waals surface area (Å²) in [4.78, 5) is 46.9. The van der Waals surface area contributed by atoms with E-state index in [1.807, 2.05) is 6.92 Å². The number of para-hydroxylation sites is 1. The van der Waals surface area contributed by atoms with Crippen LogP contribution < -0.4 is 15.8 Å². The van der Waals surface area contributed by atoms with Gasteiger partial charge in [0.2, 0.25) is 5.91 Å². The maximum atomic E-state index is 14.2. The number of halogens is 3. The number of rotatable bonds is 9. The van der Waals surface area contributed by atoms with Gasteiger partial charge in [-0.3, -0.25) is 19.1 Å². The molecule has 3 aromatic carbocycles. The molecule has 1 N–H and O–H groups in total. The molecule has 0 spiro atoms. The van der Waals surface area contributed by atoms with Gasteiger partial charge in [0.15, 0.2) is 0 Å². The van der Waals surface area contributed by atoms with E-state index < -0.39 is 47.3 Å². The third-order valence-corrected chi connectivity index (χ3v) is 7.72. The molecule has 0 aliphatic carbocycles. The Bertz CT molecular complexity index is 1760. The van der Waals surface area contributed by atoms with Crippen molar-refractivity contribution in [2.45, 2.75) is 50.6 Å². The summed E-state index contributed by atoms with van der Waals surface area (Å²) in [6.45, 7) is 5.14. The number of nitrogens with zero attached hydrogens (tertiary/aromatic N) is 3. The van der Waals surface area contributed by atoms with Crippen LogP contribution in [-0.2, 0) is 34.3 Å². The number of amides is 2. The molecule has 2 atom stereocenters. The van der Waals surface area contributed by atoms with E-state index in [4.69, 9.17) is 4.74 Å². The molecule has 0 saturated heterocycles. The van der Waals surface area contributed by atoms with Gasteiger partial charge in [0.05, 0.1) is 18.3 Å². The van der Waals surface area contributed by atoms with Gasteiger partial charge in [0.1, 0.15) is 24.2 Å². The zero-order valence-corrected chi connectivity index (χ0v) is 24.5.